The molecule has 146 valence electrons. The van der Waals surface area contributed by atoms with Gasteiger partial charge >= 0.3 is 0 Å². The van der Waals surface area contributed by atoms with Crippen molar-refractivity contribution in [3.63, 3.8) is 0 Å². The van der Waals surface area contributed by atoms with Gasteiger partial charge in [-0.25, -0.2) is 4.68 Å². The Hall–Kier alpha value is -2.50. The van der Waals surface area contributed by atoms with Gasteiger partial charge < -0.3 is 10.2 Å². The highest BCUT2D eigenvalue weighted by Gasteiger charge is 2.16. The number of nitrogens with one attached hydrogen (secondary N) is 1. The topological polar surface area (TPSA) is 46.0 Å². The molecule has 5 heteroatoms. The fourth-order valence-electron chi connectivity index (χ4n) is 3.95. The zero-order chi connectivity index (χ0) is 19.2. The fourth-order valence-corrected chi connectivity index (χ4v) is 3.95. The minimum atomic E-state index is 0.813. The van der Waals surface area contributed by atoms with E-state index >= 15 is 0 Å². The number of hydrogen-bond donors (Lipinski definition) is 1. The second-order valence-electron chi connectivity index (χ2n) is 7.74. The van der Waals surface area contributed by atoms with Gasteiger partial charge in [0.15, 0.2) is 0 Å². The van der Waals surface area contributed by atoms with E-state index in [9.17, 15) is 0 Å². The summed E-state index contributed by atoms with van der Waals surface area (Å²) in [6.07, 6.45) is 8.49. The van der Waals surface area contributed by atoms with Crippen molar-refractivity contribution >= 4 is 0 Å². The molecule has 1 atom stereocenters. The Kier molecular flexibility index (Phi) is 6.14. The van der Waals surface area contributed by atoms with Gasteiger partial charge in [-0.1, -0.05) is 25.1 Å². The maximum atomic E-state index is 4.87. The average molecular weight is 376 g/mol. The molecule has 3 heterocycles. The highest BCUT2D eigenvalue weighted by atomic mass is 15.3. The lowest BCUT2D eigenvalue weighted by atomic mass is 10.0. The first kappa shape index (κ1) is 18.8. The quantitative estimate of drug-likeness (QED) is 0.639. The molecule has 1 aliphatic heterocycles. The van der Waals surface area contributed by atoms with E-state index in [0.29, 0.717) is 0 Å². The van der Waals surface area contributed by atoms with Crippen molar-refractivity contribution in [3.8, 4) is 16.9 Å². The third-order valence-corrected chi connectivity index (χ3v) is 5.43. The number of pyridine rings is 1. The summed E-state index contributed by atoms with van der Waals surface area (Å²) in [5.74, 6) is 0.830. The van der Waals surface area contributed by atoms with Crippen molar-refractivity contribution in [2.45, 2.75) is 26.3 Å². The van der Waals surface area contributed by atoms with Gasteiger partial charge in [0.2, 0.25) is 0 Å². The van der Waals surface area contributed by atoms with E-state index in [1.54, 1.807) is 0 Å². The van der Waals surface area contributed by atoms with E-state index in [1.807, 2.05) is 47.4 Å². The lowest BCUT2D eigenvalue weighted by Gasteiger charge is -2.30. The zero-order valence-corrected chi connectivity index (χ0v) is 16.6. The van der Waals surface area contributed by atoms with Gasteiger partial charge in [0.05, 0.1) is 11.4 Å². The van der Waals surface area contributed by atoms with Crippen LogP contribution in [0.3, 0.4) is 0 Å². The van der Waals surface area contributed by atoms with Crippen molar-refractivity contribution in [3.05, 3.63) is 66.6 Å². The number of hydrogen-bond acceptors (Lipinski definition) is 4. The number of piperidine rings is 1. The molecule has 0 aliphatic carbocycles. The van der Waals surface area contributed by atoms with Crippen LogP contribution in [0, 0.1) is 5.92 Å². The summed E-state index contributed by atoms with van der Waals surface area (Å²) in [6, 6.07) is 14.3. The van der Waals surface area contributed by atoms with Crippen LogP contribution in [-0.4, -0.2) is 45.8 Å². The minimum Gasteiger partial charge on any atom is -0.311 e. The van der Waals surface area contributed by atoms with Gasteiger partial charge in [0.1, 0.15) is 0 Å². The molecule has 4 rings (SSSR count). The number of nitrogens with zero attached hydrogens (tertiary/aromatic N) is 4. The number of para-hydroxylation sites is 1. The summed E-state index contributed by atoms with van der Waals surface area (Å²) in [5, 5.41) is 8.50. The smallest absolute Gasteiger partial charge is 0.0973 e. The Labute approximate surface area is 167 Å². The summed E-state index contributed by atoms with van der Waals surface area (Å²) in [7, 11) is 0. The van der Waals surface area contributed by atoms with Crippen LogP contribution < -0.4 is 5.32 Å². The monoisotopic (exact) mass is 375 g/mol. The van der Waals surface area contributed by atoms with E-state index < -0.39 is 0 Å². The van der Waals surface area contributed by atoms with Gasteiger partial charge in [-0.2, -0.15) is 5.10 Å². The molecule has 0 spiro atoms. The fraction of sp³-hybridized carbons (Fsp3) is 0.391. The molecule has 3 aromatic rings. The predicted octanol–water partition coefficient (Wildman–Crippen LogP) is 3.76. The van der Waals surface area contributed by atoms with Gasteiger partial charge in [-0.05, 0) is 49.6 Å². The second-order valence-corrected chi connectivity index (χ2v) is 7.74. The molecule has 1 fully saturated rings. The Bertz CT molecular complexity index is 859. The molecule has 0 radical (unpaired) electrons. The van der Waals surface area contributed by atoms with E-state index in [1.165, 1.54) is 31.5 Å². The van der Waals surface area contributed by atoms with E-state index in [2.05, 4.69) is 40.5 Å². The normalized spacial score (nSPS) is 17.7. The van der Waals surface area contributed by atoms with Crippen LogP contribution in [0.4, 0.5) is 0 Å². The molecule has 1 aromatic carbocycles. The van der Waals surface area contributed by atoms with Gasteiger partial charge in [-0.15, -0.1) is 0 Å². The Morgan fingerprint density at radius 2 is 1.93 bits per heavy atom. The van der Waals surface area contributed by atoms with Crippen molar-refractivity contribution in [2.24, 2.45) is 5.92 Å². The first-order chi connectivity index (χ1) is 13.8. The molecule has 5 nitrogen and oxygen atoms in total. The summed E-state index contributed by atoms with van der Waals surface area (Å²) >= 11 is 0. The van der Waals surface area contributed by atoms with Crippen LogP contribution in [0.2, 0.25) is 0 Å². The first-order valence-electron chi connectivity index (χ1n) is 10.3. The molecule has 0 bridgehead atoms. The third kappa shape index (κ3) is 4.66. The summed E-state index contributed by atoms with van der Waals surface area (Å²) < 4.78 is 1.97. The highest BCUT2D eigenvalue weighted by molar-refractivity contribution is 5.62. The third-order valence-electron chi connectivity index (χ3n) is 5.43. The Morgan fingerprint density at radius 1 is 1.11 bits per heavy atom. The maximum absolute atomic E-state index is 4.87. The Morgan fingerprint density at radius 3 is 2.71 bits per heavy atom. The van der Waals surface area contributed by atoms with Crippen LogP contribution >= 0.6 is 0 Å². The van der Waals surface area contributed by atoms with Gasteiger partial charge in [-0.3, -0.25) is 4.98 Å². The number of likely N-dealkylation sites (tertiary alicyclic amines) is 1. The van der Waals surface area contributed by atoms with Crippen molar-refractivity contribution in [2.75, 3.05) is 26.2 Å². The van der Waals surface area contributed by atoms with Crippen molar-refractivity contribution in [1.82, 2.24) is 25.0 Å². The van der Waals surface area contributed by atoms with Crippen molar-refractivity contribution < 1.29 is 0 Å². The molecule has 2 aromatic heterocycles. The first-order valence-corrected chi connectivity index (χ1v) is 10.3. The van der Waals surface area contributed by atoms with Crippen LogP contribution in [0.1, 0.15) is 25.3 Å². The summed E-state index contributed by atoms with van der Waals surface area (Å²) in [6.45, 7) is 7.75. The highest BCUT2D eigenvalue weighted by Crippen LogP contribution is 2.23. The number of benzene rings is 1. The van der Waals surface area contributed by atoms with E-state index in [0.717, 1.165) is 42.5 Å². The van der Waals surface area contributed by atoms with Gasteiger partial charge in [0.25, 0.3) is 0 Å². The molecule has 28 heavy (non-hydrogen) atoms. The minimum absolute atomic E-state index is 0.813. The lowest BCUT2D eigenvalue weighted by Crippen LogP contribution is -2.38. The summed E-state index contributed by atoms with van der Waals surface area (Å²) in [4.78, 5) is 6.72. The summed E-state index contributed by atoms with van der Waals surface area (Å²) in [5.41, 5.74) is 4.41. The van der Waals surface area contributed by atoms with Crippen LogP contribution in [0.25, 0.3) is 16.9 Å². The molecule has 1 N–H and O–H groups in total. The number of aromatic nitrogens is 3. The second kappa shape index (κ2) is 9.13. The van der Waals surface area contributed by atoms with Crippen LogP contribution in [-0.2, 0) is 6.54 Å². The van der Waals surface area contributed by atoms with Gasteiger partial charge in [0, 0.05) is 55.9 Å². The van der Waals surface area contributed by atoms with Crippen LogP contribution in [0.15, 0.2) is 61.1 Å². The molecule has 1 unspecified atom stereocenters. The Balaban J connectivity index is 1.45. The predicted molar refractivity (Wildman–Crippen MR) is 113 cm³/mol. The molecular formula is C23H29N5. The molecule has 0 saturated carbocycles. The van der Waals surface area contributed by atoms with Crippen molar-refractivity contribution in [1.29, 1.82) is 0 Å². The molecular weight excluding hydrogens is 346 g/mol. The SMILES string of the molecule is CC1CCCN(CCNCc2cn(-c3ccccc3)nc2-c2ccncc2)C1. The van der Waals surface area contributed by atoms with Crippen LogP contribution in [0.5, 0.6) is 0 Å². The maximum Gasteiger partial charge on any atom is 0.0973 e. The molecule has 1 aliphatic rings. The molecule has 0 amide bonds. The standard InChI is InChI=1S/C23H29N5/c1-19-6-5-14-27(17-19)15-13-25-16-21-18-28(22-7-3-2-4-8-22)26-23(21)20-9-11-24-12-10-20/h2-4,7-12,18-19,25H,5-6,13-17H2,1H3. The molecule has 1 saturated heterocycles. The zero-order valence-electron chi connectivity index (χ0n) is 16.6. The van der Waals surface area contributed by atoms with E-state index in [-0.39, 0.29) is 0 Å². The van der Waals surface area contributed by atoms with E-state index in [4.69, 9.17) is 5.10 Å². The lowest BCUT2D eigenvalue weighted by molar-refractivity contribution is 0.184. The average Bonchev–Trinajstić information content (AvgIpc) is 3.17. The number of rotatable bonds is 7. The largest absolute Gasteiger partial charge is 0.311 e.